The van der Waals surface area contributed by atoms with Crippen LogP contribution in [0.4, 0.5) is 0 Å². The van der Waals surface area contributed by atoms with Crippen LogP contribution in [0, 0.1) is 0 Å². The van der Waals surface area contributed by atoms with Crippen molar-refractivity contribution in [3.63, 3.8) is 0 Å². The first-order chi connectivity index (χ1) is 8.20. The number of alkyl halides is 1. The molecule has 0 fully saturated rings. The van der Waals surface area contributed by atoms with E-state index in [1.807, 2.05) is 23.6 Å². The Bertz CT molecular complexity index is 480. The van der Waals surface area contributed by atoms with Gasteiger partial charge >= 0.3 is 0 Å². The lowest BCUT2D eigenvalue weighted by Gasteiger charge is -2.09. The van der Waals surface area contributed by atoms with Crippen LogP contribution in [-0.2, 0) is 6.42 Å². The first kappa shape index (κ1) is 12.9. The van der Waals surface area contributed by atoms with E-state index in [1.54, 1.807) is 18.4 Å². The summed E-state index contributed by atoms with van der Waals surface area (Å²) in [7, 11) is 1.67. The fourth-order valence-corrected chi connectivity index (χ4v) is 3.83. The molecule has 0 aliphatic carbocycles. The number of hydrogen-bond donors (Lipinski definition) is 0. The maximum absolute atomic E-state index is 6.11. The predicted molar refractivity (Wildman–Crippen MR) is 77.7 cm³/mol. The molecule has 0 spiro atoms. The van der Waals surface area contributed by atoms with Gasteiger partial charge in [0.05, 0.1) is 17.0 Å². The molecule has 0 aliphatic rings. The fraction of sp³-hybridized carbons (Fsp3) is 0.231. The summed E-state index contributed by atoms with van der Waals surface area (Å²) in [6, 6.07) is 10.0. The average Bonchev–Trinajstić information content (AvgIpc) is 2.76. The molecule has 1 unspecified atom stereocenters. The molecule has 0 radical (unpaired) electrons. The highest BCUT2D eigenvalue weighted by atomic mass is 79.9. The second-order valence-corrected chi connectivity index (χ2v) is 6.11. The lowest BCUT2D eigenvalue weighted by Crippen LogP contribution is -1.93. The highest BCUT2D eigenvalue weighted by molar-refractivity contribution is 9.09. The SMILES string of the molecule is COc1ccc(CC(Br)c2sccc2Cl)cc1. The van der Waals surface area contributed by atoms with E-state index in [1.165, 1.54) is 10.4 Å². The van der Waals surface area contributed by atoms with Gasteiger partial charge in [-0.25, -0.2) is 0 Å². The van der Waals surface area contributed by atoms with Crippen LogP contribution in [0.1, 0.15) is 15.3 Å². The molecule has 2 aromatic rings. The molecule has 0 aliphatic heterocycles. The Balaban J connectivity index is 2.07. The number of hydrogen-bond acceptors (Lipinski definition) is 2. The molecule has 0 saturated carbocycles. The number of ether oxygens (including phenoxy) is 1. The molecule has 0 saturated heterocycles. The quantitative estimate of drug-likeness (QED) is 0.709. The minimum atomic E-state index is 0.267. The van der Waals surface area contributed by atoms with Gasteiger partial charge in [-0.15, -0.1) is 11.3 Å². The van der Waals surface area contributed by atoms with Crippen molar-refractivity contribution in [3.05, 3.63) is 51.2 Å². The van der Waals surface area contributed by atoms with Crippen molar-refractivity contribution in [3.8, 4) is 5.75 Å². The molecule has 1 nitrogen and oxygen atoms in total. The lowest BCUT2D eigenvalue weighted by atomic mass is 10.1. The Morgan fingerprint density at radius 3 is 2.53 bits per heavy atom. The summed E-state index contributed by atoms with van der Waals surface area (Å²) in [5.41, 5.74) is 1.26. The van der Waals surface area contributed by atoms with E-state index >= 15 is 0 Å². The van der Waals surface area contributed by atoms with Gasteiger partial charge in [0.25, 0.3) is 0 Å². The normalized spacial score (nSPS) is 12.4. The van der Waals surface area contributed by atoms with Crippen molar-refractivity contribution in [2.45, 2.75) is 11.2 Å². The van der Waals surface area contributed by atoms with Crippen molar-refractivity contribution in [1.82, 2.24) is 0 Å². The van der Waals surface area contributed by atoms with Gasteiger partial charge in [0.15, 0.2) is 0 Å². The predicted octanol–water partition coefficient (Wildman–Crippen LogP) is 5.09. The van der Waals surface area contributed by atoms with Gasteiger partial charge in [-0.1, -0.05) is 39.7 Å². The van der Waals surface area contributed by atoms with Gasteiger partial charge in [0, 0.05) is 4.88 Å². The number of rotatable bonds is 4. The number of halogens is 2. The van der Waals surface area contributed by atoms with Crippen molar-refractivity contribution < 1.29 is 4.74 Å². The molecule has 1 aromatic heterocycles. The molecule has 1 aromatic carbocycles. The number of benzene rings is 1. The fourth-order valence-electron chi connectivity index (χ4n) is 1.59. The van der Waals surface area contributed by atoms with Crippen LogP contribution in [0.25, 0.3) is 0 Å². The van der Waals surface area contributed by atoms with Gasteiger partial charge in [-0.05, 0) is 35.6 Å². The smallest absolute Gasteiger partial charge is 0.118 e. The molecule has 4 heteroatoms. The largest absolute Gasteiger partial charge is 0.497 e. The summed E-state index contributed by atoms with van der Waals surface area (Å²) in [6.07, 6.45) is 0.921. The Morgan fingerprint density at radius 2 is 2.00 bits per heavy atom. The van der Waals surface area contributed by atoms with Crippen LogP contribution in [-0.4, -0.2) is 7.11 Å². The summed E-state index contributed by atoms with van der Waals surface area (Å²) in [5.74, 6) is 0.883. The molecule has 0 bridgehead atoms. The van der Waals surface area contributed by atoms with Crippen LogP contribution >= 0.6 is 38.9 Å². The van der Waals surface area contributed by atoms with Crippen LogP contribution in [0.3, 0.4) is 0 Å². The maximum Gasteiger partial charge on any atom is 0.118 e. The summed E-state index contributed by atoms with van der Waals surface area (Å²) in [4.78, 5) is 1.45. The lowest BCUT2D eigenvalue weighted by molar-refractivity contribution is 0.414. The average molecular weight is 332 g/mol. The number of methoxy groups -OCH3 is 1. The van der Waals surface area contributed by atoms with Crippen LogP contribution < -0.4 is 4.74 Å². The summed E-state index contributed by atoms with van der Waals surface area (Å²) in [5, 5.41) is 2.85. The van der Waals surface area contributed by atoms with Gasteiger partial charge in [-0.3, -0.25) is 0 Å². The van der Waals surface area contributed by atoms with E-state index in [9.17, 15) is 0 Å². The van der Waals surface area contributed by atoms with Crippen molar-refractivity contribution in [2.24, 2.45) is 0 Å². The molecular formula is C13H12BrClOS. The maximum atomic E-state index is 6.11. The molecule has 1 heterocycles. The van der Waals surface area contributed by atoms with Crippen molar-refractivity contribution in [2.75, 3.05) is 7.11 Å². The van der Waals surface area contributed by atoms with E-state index in [2.05, 4.69) is 28.1 Å². The van der Waals surface area contributed by atoms with E-state index in [0.717, 1.165) is 17.2 Å². The monoisotopic (exact) mass is 330 g/mol. The highest BCUT2D eigenvalue weighted by Crippen LogP contribution is 2.36. The Kier molecular flexibility index (Phi) is 4.48. The second-order valence-electron chi connectivity index (χ2n) is 3.65. The molecule has 90 valence electrons. The van der Waals surface area contributed by atoms with Gasteiger partial charge in [-0.2, -0.15) is 0 Å². The zero-order valence-electron chi connectivity index (χ0n) is 9.32. The molecular weight excluding hydrogens is 320 g/mol. The highest BCUT2D eigenvalue weighted by Gasteiger charge is 2.13. The standard InChI is InChI=1S/C13H12BrClOS/c1-16-10-4-2-9(3-5-10)8-11(14)13-12(15)6-7-17-13/h2-7,11H,8H2,1H3. The van der Waals surface area contributed by atoms with Crippen molar-refractivity contribution in [1.29, 1.82) is 0 Å². The van der Waals surface area contributed by atoms with Crippen molar-refractivity contribution >= 4 is 38.9 Å². The van der Waals surface area contributed by atoms with E-state index in [0.29, 0.717) is 0 Å². The summed E-state index contributed by atoms with van der Waals surface area (Å²) in [6.45, 7) is 0. The minimum absolute atomic E-state index is 0.267. The van der Waals surface area contributed by atoms with E-state index < -0.39 is 0 Å². The summed E-state index contributed by atoms with van der Waals surface area (Å²) < 4.78 is 5.13. The minimum Gasteiger partial charge on any atom is -0.497 e. The topological polar surface area (TPSA) is 9.23 Å². The Labute approximate surface area is 119 Å². The van der Waals surface area contributed by atoms with Crippen LogP contribution in [0.2, 0.25) is 5.02 Å². The van der Waals surface area contributed by atoms with E-state index in [4.69, 9.17) is 16.3 Å². The second kappa shape index (κ2) is 5.89. The third kappa shape index (κ3) is 3.24. The van der Waals surface area contributed by atoms with Crippen LogP contribution in [0.5, 0.6) is 5.75 Å². The Hall–Kier alpha value is -0.510. The molecule has 1 atom stereocenters. The third-order valence-electron chi connectivity index (χ3n) is 2.50. The van der Waals surface area contributed by atoms with Crippen LogP contribution in [0.15, 0.2) is 35.7 Å². The first-order valence-electron chi connectivity index (χ1n) is 5.20. The van der Waals surface area contributed by atoms with Gasteiger partial charge < -0.3 is 4.74 Å². The zero-order valence-corrected chi connectivity index (χ0v) is 12.5. The summed E-state index contributed by atoms with van der Waals surface area (Å²) >= 11 is 11.5. The first-order valence-corrected chi connectivity index (χ1v) is 7.38. The molecule has 0 amide bonds. The Morgan fingerprint density at radius 1 is 1.29 bits per heavy atom. The zero-order chi connectivity index (χ0) is 12.3. The molecule has 0 N–H and O–H groups in total. The van der Waals surface area contributed by atoms with E-state index in [-0.39, 0.29) is 4.83 Å². The van der Waals surface area contributed by atoms with Gasteiger partial charge in [0.2, 0.25) is 0 Å². The number of thiophene rings is 1. The third-order valence-corrected chi connectivity index (χ3v) is 5.06. The van der Waals surface area contributed by atoms with Gasteiger partial charge in [0.1, 0.15) is 5.75 Å². The molecule has 17 heavy (non-hydrogen) atoms. The molecule has 2 rings (SSSR count).